The minimum absolute atomic E-state index is 0.0919. The smallest absolute Gasteiger partial charge is 0.254 e. The summed E-state index contributed by atoms with van der Waals surface area (Å²) in [5, 5.41) is 0. The monoisotopic (exact) mass is 334 g/mol. The van der Waals surface area contributed by atoms with Gasteiger partial charge in [0.1, 0.15) is 0 Å². The van der Waals surface area contributed by atoms with Crippen molar-refractivity contribution in [2.75, 3.05) is 20.1 Å². The average molecular weight is 335 g/mol. The SMILES string of the molecule is CN(CC(C)(C)CN)C(=O)c1cc(F)c(F)cc1Br. The first-order valence-electron chi connectivity index (χ1n) is 5.78. The van der Waals surface area contributed by atoms with Gasteiger partial charge in [0.25, 0.3) is 5.91 Å². The van der Waals surface area contributed by atoms with E-state index in [1.165, 1.54) is 4.90 Å². The van der Waals surface area contributed by atoms with Crippen molar-refractivity contribution in [3.05, 3.63) is 33.8 Å². The van der Waals surface area contributed by atoms with E-state index in [9.17, 15) is 13.6 Å². The van der Waals surface area contributed by atoms with E-state index in [1.54, 1.807) is 7.05 Å². The maximum Gasteiger partial charge on any atom is 0.254 e. The van der Waals surface area contributed by atoms with Gasteiger partial charge in [0.05, 0.1) is 5.56 Å². The zero-order valence-corrected chi connectivity index (χ0v) is 12.7. The first kappa shape index (κ1) is 16.0. The fourth-order valence-electron chi connectivity index (χ4n) is 1.67. The Hall–Kier alpha value is -1.01. The van der Waals surface area contributed by atoms with Crippen LogP contribution in [0.4, 0.5) is 8.78 Å². The van der Waals surface area contributed by atoms with Crippen LogP contribution in [0, 0.1) is 17.0 Å². The molecule has 0 spiro atoms. The van der Waals surface area contributed by atoms with Crippen LogP contribution in [0.15, 0.2) is 16.6 Å². The van der Waals surface area contributed by atoms with Gasteiger partial charge in [0, 0.05) is 18.1 Å². The van der Waals surface area contributed by atoms with Gasteiger partial charge >= 0.3 is 0 Å². The summed E-state index contributed by atoms with van der Waals surface area (Å²) in [6, 6.07) is 1.85. The van der Waals surface area contributed by atoms with E-state index in [0.717, 1.165) is 12.1 Å². The van der Waals surface area contributed by atoms with Gasteiger partial charge in [-0.1, -0.05) is 13.8 Å². The second kappa shape index (κ2) is 5.96. The predicted octanol–water partition coefficient (Wildman–Crippen LogP) is 2.78. The van der Waals surface area contributed by atoms with Crippen LogP contribution < -0.4 is 5.73 Å². The van der Waals surface area contributed by atoms with Gasteiger partial charge in [0.15, 0.2) is 11.6 Å². The lowest BCUT2D eigenvalue weighted by Gasteiger charge is -2.29. The lowest BCUT2D eigenvalue weighted by Crippen LogP contribution is -2.39. The van der Waals surface area contributed by atoms with Crippen LogP contribution in [0.3, 0.4) is 0 Å². The van der Waals surface area contributed by atoms with Crippen molar-refractivity contribution >= 4 is 21.8 Å². The van der Waals surface area contributed by atoms with Crippen molar-refractivity contribution in [2.45, 2.75) is 13.8 Å². The van der Waals surface area contributed by atoms with Crippen molar-refractivity contribution in [2.24, 2.45) is 11.1 Å². The van der Waals surface area contributed by atoms with Gasteiger partial charge in [-0.25, -0.2) is 8.78 Å². The minimum Gasteiger partial charge on any atom is -0.341 e. The van der Waals surface area contributed by atoms with Gasteiger partial charge in [-0.3, -0.25) is 4.79 Å². The number of hydrogen-bond donors (Lipinski definition) is 1. The van der Waals surface area contributed by atoms with Crippen LogP contribution in [0.2, 0.25) is 0 Å². The number of hydrogen-bond acceptors (Lipinski definition) is 2. The van der Waals surface area contributed by atoms with Crippen molar-refractivity contribution in [3.63, 3.8) is 0 Å². The molecule has 0 aromatic heterocycles. The number of carbonyl (C=O) groups excluding carboxylic acids is 1. The van der Waals surface area contributed by atoms with Crippen LogP contribution >= 0.6 is 15.9 Å². The molecule has 0 radical (unpaired) electrons. The van der Waals surface area contributed by atoms with Crippen molar-refractivity contribution in [3.8, 4) is 0 Å². The summed E-state index contributed by atoms with van der Waals surface area (Å²) >= 11 is 3.07. The molecule has 6 heteroatoms. The Balaban J connectivity index is 2.98. The summed E-state index contributed by atoms with van der Waals surface area (Å²) in [4.78, 5) is 13.6. The van der Waals surface area contributed by atoms with Gasteiger partial charge in [0.2, 0.25) is 0 Å². The number of rotatable bonds is 4. The van der Waals surface area contributed by atoms with Gasteiger partial charge in [-0.2, -0.15) is 0 Å². The highest BCUT2D eigenvalue weighted by Gasteiger charge is 2.24. The van der Waals surface area contributed by atoms with Crippen molar-refractivity contribution < 1.29 is 13.6 Å². The predicted molar refractivity (Wildman–Crippen MR) is 73.9 cm³/mol. The fraction of sp³-hybridized carbons (Fsp3) is 0.462. The van der Waals surface area contributed by atoms with Gasteiger partial charge in [-0.05, 0) is 40.0 Å². The van der Waals surface area contributed by atoms with E-state index in [-0.39, 0.29) is 21.4 Å². The Morgan fingerprint density at radius 1 is 1.37 bits per heavy atom. The molecule has 0 saturated carbocycles. The number of benzene rings is 1. The molecule has 0 aliphatic rings. The molecule has 0 heterocycles. The largest absolute Gasteiger partial charge is 0.341 e. The van der Waals surface area contributed by atoms with E-state index in [0.29, 0.717) is 13.1 Å². The molecule has 3 nitrogen and oxygen atoms in total. The van der Waals surface area contributed by atoms with Crippen LogP contribution in [0.1, 0.15) is 24.2 Å². The quantitative estimate of drug-likeness (QED) is 0.860. The molecule has 0 aliphatic heterocycles. The highest BCUT2D eigenvalue weighted by atomic mass is 79.9. The molecule has 0 saturated heterocycles. The standard InChI is InChI=1S/C13H17BrF2N2O/c1-13(2,6-17)7-18(3)12(19)8-4-10(15)11(16)5-9(8)14/h4-5H,6-7,17H2,1-3H3. The van der Waals surface area contributed by atoms with E-state index >= 15 is 0 Å². The summed E-state index contributed by atoms with van der Waals surface area (Å²) in [5.74, 6) is -2.42. The van der Waals surface area contributed by atoms with Crippen LogP contribution in [-0.2, 0) is 0 Å². The molecule has 0 unspecified atom stereocenters. The molecule has 0 atom stereocenters. The molecule has 0 fully saturated rings. The molecule has 2 N–H and O–H groups in total. The molecular weight excluding hydrogens is 318 g/mol. The second-order valence-electron chi connectivity index (χ2n) is 5.28. The maximum absolute atomic E-state index is 13.2. The normalized spacial score (nSPS) is 11.5. The third-order valence-electron chi connectivity index (χ3n) is 2.80. The Bertz CT molecular complexity index is 492. The van der Waals surface area contributed by atoms with Gasteiger partial charge < -0.3 is 10.6 Å². The van der Waals surface area contributed by atoms with Crippen LogP contribution in [-0.4, -0.2) is 30.9 Å². The van der Waals surface area contributed by atoms with Crippen LogP contribution in [0.5, 0.6) is 0 Å². The lowest BCUT2D eigenvalue weighted by molar-refractivity contribution is 0.0739. The Labute approximate surface area is 119 Å². The molecule has 1 rings (SSSR count). The van der Waals surface area contributed by atoms with Crippen LogP contribution in [0.25, 0.3) is 0 Å². The number of nitrogens with two attached hydrogens (primary N) is 1. The van der Waals surface area contributed by atoms with Crippen molar-refractivity contribution in [1.29, 1.82) is 0 Å². The first-order chi connectivity index (χ1) is 8.68. The van der Waals surface area contributed by atoms with E-state index in [4.69, 9.17) is 5.73 Å². The van der Waals surface area contributed by atoms with Crippen molar-refractivity contribution in [1.82, 2.24) is 4.90 Å². The topological polar surface area (TPSA) is 46.3 Å². The molecular formula is C13H17BrF2N2O. The summed E-state index contributed by atoms with van der Waals surface area (Å²) in [5.41, 5.74) is 5.46. The third kappa shape index (κ3) is 3.98. The highest BCUT2D eigenvalue weighted by Crippen LogP contribution is 2.23. The zero-order valence-electron chi connectivity index (χ0n) is 11.1. The third-order valence-corrected chi connectivity index (χ3v) is 3.46. The molecule has 0 aliphatic carbocycles. The lowest BCUT2D eigenvalue weighted by atomic mass is 9.93. The molecule has 106 valence electrons. The maximum atomic E-state index is 13.2. The minimum atomic E-state index is -1.04. The number of nitrogens with zero attached hydrogens (tertiary/aromatic N) is 1. The van der Waals surface area contributed by atoms with E-state index in [2.05, 4.69) is 15.9 Å². The Kier molecular flexibility index (Phi) is 5.04. The Morgan fingerprint density at radius 3 is 2.42 bits per heavy atom. The number of halogens is 3. The number of carbonyl (C=O) groups is 1. The average Bonchev–Trinajstić information content (AvgIpc) is 2.32. The van der Waals surface area contributed by atoms with E-state index in [1.807, 2.05) is 13.8 Å². The highest BCUT2D eigenvalue weighted by molar-refractivity contribution is 9.10. The molecule has 1 aromatic carbocycles. The second-order valence-corrected chi connectivity index (χ2v) is 6.13. The number of amides is 1. The summed E-state index contributed by atoms with van der Waals surface area (Å²) in [7, 11) is 1.60. The molecule has 0 bridgehead atoms. The summed E-state index contributed by atoms with van der Waals surface area (Å²) < 4.78 is 26.4. The van der Waals surface area contributed by atoms with Gasteiger partial charge in [-0.15, -0.1) is 0 Å². The zero-order chi connectivity index (χ0) is 14.8. The summed E-state index contributed by atoms with van der Waals surface area (Å²) in [6.07, 6.45) is 0. The summed E-state index contributed by atoms with van der Waals surface area (Å²) in [6.45, 7) is 4.70. The first-order valence-corrected chi connectivity index (χ1v) is 6.57. The van der Waals surface area contributed by atoms with E-state index < -0.39 is 11.6 Å². The molecule has 19 heavy (non-hydrogen) atoms. The Morgan fingerprint density at radius 2 is 1.89 bits per heavy atom. The molecule has 1 amide bonds. The fourth-order valence-corrected chi connectivity index (χ4v) is 2.16. The molecule has 1 aromatic rings.